The summed E-state index contributed by atoms with van der Waals surface area (Å²) in [5.74, 6) is -0.217. The monoisotopic (exact) mass is 251 g/mol. The fourth-order valence-electron chi connectivity index (χ4n) is 2.71. The summed E-state index contributed by atoms with van der Waals surface area (Å²) < 4.78 is 13.2. The lowest BCUT2D eigenvalue weighted by Crippen LogP contribution is -2.37. The number of nitrogens with two attached hydrogens (primary N) is 1. The van der Waals surface area contributed by atoms with Crippen molar-refractivity contribution in [2.75, 3.05) is 32.1 Å². The molecule has 4 heteroatoms. The zero-order chi connectivity index (χ0) is 13.1. The van der Waals surface area contributed by atoms with Crippen molar-refractivity contribution >= 4 is 5.69 Å². The summed E-state index contributed by atoms with van der Waals surface area (Å²) in [5.41, 5.74) is 7.60. The zero-order valence-corrected chi connectivity index (χ0v) is 11.2. The topological polar surface area (TPSA) is 32.5 Å². The van der Waals surface area contributed by atoms with Crippen molar-refractivity contribution in [2.24, 2.45) is 5.73 Å². The Hall–Kier alpha value is -1.13. The molecule has 0 bridgehead atoms. The molecule has 1 saturated heterocycles. The molecule has 1 aliphatic rings. The zero-order valence-electron chi connectivity index (χ0n) is 11.2. The van der Waals surface area contributed by atoms with E-state index in [2.05, 4.69) is 23.9 Å². The molecule has 18 heavy (non-hydrogen) atoms. The Morgan fingerprint density at radius 3 is 2.89 bits per heavy atom. The summed E-state index contributed by atoms with van der Waals surface area (Å²) in [6.45, 7) is 2.51. The molecule has 0 radical (unpaired) electrons. The molecule has 1 heterocycles. The minimum atomic E-state index is -0.217. The van der Waals surface area contributed by atoms with Gasteiger partial charge in [-0.15, -0.1) is 0 Å². The van der Waals surface area contributed by atoms with Crippen molar-refractivity contribution in [3.05, 3.63) is 29.6 Å². The lowest BCUT2D eigenvalue weighted by atomic mass is 10.1. The first-order valence-electron chi connectivity index (χ1n) is 6.51. The van der Waals surface area contributed by atoms with Gasteiger partial charge in [0, 0.05) is 31.9 Å². The maximum absolute atomic E-state index is 13.2. The quantitative estimate of drug-likeness (QED) is 0.886. The lowest BCUT2D eigenvalue weighted by Gasteiger charge is -2.28. The SMILES string of the molecule is CN(CC1CCCN1C)c1ccc(F)cc1CN. The van der Waals surface area contributed by atoms with E-state index in [9.17, 15) is 4.39 Å². The second-order valence-corrected chi connectivity index (χ2v) is 5.13. The normalized spacial score (nSPS) is 20.3. The summed E-state index contributed by atoms with van der Waals surface area (Å²) in [6, 6.07) is 5.45. The molecule has 0 amide bonds. The summed E-state index contributed by atoms with van der Waals surface area (Å²) in [7, 11) is 4.22. The predicted molar refractivity (Wildman–Crippen MR) is 73.2 cm³/mol. The second-order valence-electron chi connectivity index (χ2n) is 5.13. The minimum absolute atomic E-state index is 0.217. The number of likely N-dealkylation sites (N-methyl/N-ethyl adjacent to an activating group) is 2. The van der Waals surface area contributed by atoms with E-state index in [0.717, 1.165) is 17.8 Å². The smallest absolute Gasteiger partial charge is 0.123 e. The standard InChI is InChI=1S/C14H22FN3/c1-17-7-3-4-13(17)10-18(2)14-6-5-12(15)8-11(14)9-16/h5-6,8,13H,3-4,7,9-10,16H2,1-2H3. The molecular weight excluding hydrogens is 229 g/mol. The van der Waals surface area contributed by atoms with E-state index in [4.69, 9.17) is 5.73 Å². The highest BCUT2D eigenvalue weighted by molar-refractivity contribution is 5.53. The molecule has 1 aromatic rings. The van der Waals surface area contributed by atoms with Gasteiger partial charge in [0.15, 0.2) is 0 Å². The number of likely N-dealkylation sites (tertiary alicyclic amines) is 1. The van der Waals surface area contributed by atoms with Gasteiger partial charge in [-0.05, 0) is 50.2 Å². The van der Waals surface area contributed by atoms with Crippen molar-refractivity contribution in [1.29, 1.82) is 0 Å². The Balaban J connectivity index is 2.10. The van der Waals surface area contributed by atoms with Crippen molar-refractivity contribution < 1.29 is 4.39 Å². The molecule has 0 aromatic heterocycles. The van der Waals surface area contributed by atoms with E-state index >= 15 is 0 Å². The summed E-state index contributed by atoms with van der Waals surface area (Å²) >= 11 is 0. The summed E-state index contributed by atoms with van der Waals surface area (Å²) in [5, 5.41) is 0. The van der Waals surface area contributed by atoms with E-state index in [0.29, 0.717) is 12.6 Å². The third-order valence-electron chi connectivity index (χ3n) is 3.83. The van der Waals surface area contributed by atoms with Gasteiger partial charge in [-0.25, -0.2) is 4.39 Å². The first-order valence-corrected chi connectivity index (χ1v) is 6.51. The highest BCUT2D eigenvalue weighted by Gasteiger charge is 2.22. The van der Waals surface area contributed by atoms with Crippen LogP contribution in [0.25, 0.3) is 0 Å². The van der Waals surface area contributed by atoms with Crippen molar-refractivity contribution in [2.45, 2.75) is 25.4 Å². The Kier molecular flexibility index (Phi) is 4.19. The number of hydrogen-bond acceptors (Lipinski definition) is 3. The highest BCUT2D eigenvalue weighted by atomic mass is 19.1. The van der Waals surface area contributed by atoms with Crippen LogP contribution in [-0.2, 0) is 6.54 Å². The fraction of sp³-hybridized carbons (Fsp3) is 0.571. The molecule has 1 unspecified atom stereocenters. The van der Waals surface area contributed by atoms with E-state index < -0.39 is 0 Å². The van der Waals surface area contributed by atoms with E-state index in [-0.39, 0.29) is 5.82 Å². The van der Waals surface area contributed by atoms with E-state index in [1.54, 1.807) is 0 Å². The minimum Gasteiger partial charge on any atom is -0.373 e. The second kappa shape index (κ2) is 5.67. The molecule has 0 spiro atoms. The Morgan fingerprint density at radius 2 is 2.28 bits per heavy atom. The number of rotatable bonds is 4. The first kappa shape index (κ1) is 13.3. The Labute approximate surface area is 108 Å². The lowest BCUT2D eigenvalue weighted by molar-refractivity contribution is 0.314. The summed E-state index contributed by atoms with van der Waals surface area (Å²) in [4.78, 5) is 4.58. The van der Waals surface area contributed by atoms with Crippen LogP contribution in [0.15, 0.2) is 18.2 Å². The number of anilines is 1. The van der Waals surface area contributed by atoms with Crippen LogP contribution < -0.4 is 10.6 Å². The molecule has 1 fully saturated rings. The maximum Gasteiger partial charge on any atom is 0.123 e. The third kappa shape index (κ3) is 2.82. The molecule has 2 rings (SSSR count). The molecule has 1 atom stereocenters. The van der Waals surface area contributed by atoms with Crippen LogP contribution in [0.2, 0.25) is 0 Å². The van der Waals surface area contributed by atoms with E-state index in [1.165, 1.54) is 31.5 Å². The van der Waals surface area contributed by atoms with Gasteiger partial charge in [-0.3, -0.25) is 0 Å². The first-order chi connectivity index (χ1) is 8.61. The van der Waals surface area contributed by atoms with Crippen molar-refractivity contribution in [1.82, 2.24) is 4.90 Å². The van der Waals surface area contributed by atoms with Crippen LogP contribution in [-0.4, -0.2) is 38.1 Å². The predicted octanol–water partition coefficient (Wildman–Crippen LogP) is 1.81. The molecule has 2 N–H and O–H groups in total. The van der Waals surface area contributed by atoms with Crippen LogP contribution in [0.5, 0.6) is 0 Å². The number of halogens is 1. The average molecular weight is 251 g/mol. The number of benzene rings is 1. The summed E-state index contributed by atoms with van der Waals surface area (Å²) in [6.07, 6.45) is 2.50. The number of nitrogens with zero attached hydrogens (tertiary/aromatic N) is 2. The van der Waals surface area contributed by atoms with Crippen LogP contribution >= 0.6 is 0 Å². The average Bonchev–Trinajstić information content (AvgIpc) is 2.74. The van der Waals surface area contributed by atoms with Crippen LogP contribution in [0.4, 0.5) is 10.1 Å². The Morgan fingerprint density at radius 1 is 1.50 bits per heavy atom. The molecule has 0 saturated carbocycles. The third-order valence-corrected chi connectivity index (χ3v) is 3.83. The van der Waals surface area contributed by atoms with Crippen LogP contribution in [0.1, 0.15) is 18.4 Å². The van der Waals surface area contributed by atoms with Gasteiger partial charge < -0.3 is 15.5 Å². The molecule has 0 aliphatic carbocycles. The van der Waals surface area contributed by atoms with Gasteiger partial charge in [0.2, 0.25) is 0 Å². The van der Waals surface area contributed by atoms with Gasteiger partial charge in [-0.2, -0.15) is 0 Å². The van der Waals surface area contributed by atoms with Gasteiger partial charge >= 0.3 is 0 Å². The van der Waals surface area contributed by atoms with Gasteiger partial charge in [-0.1, -0.05) is 0 Å². The molecule has 1 aromatic carbocycles. The molecule has 3 nitrogen and oxygen atoms in total. The van der Waals surface area contributed by atoms with Gasteiger partial charge in [0.1, 0.15) is 5.82 Å². The Bertz CT molecular complexity index is 408. The molecule has 100 valence electrons. The molecule has 1 aliphatic heterocycles. The van der Waals surface area contributed by atoms with Gasteiger partial charge in [0.25, 0.3) is 0 Å². The fourth-order valence-corrected chi connectivity index (χ4v) is 2.71. The maximum atomic E-state index is 13.2. The largest absolute Gasteiger partial charge is 0.373 e. The van der Waals surface area contributed by atoms with E-state index in [1.807, 2.05) is 6.07 Å². The van der Waals surface area contributed by atoms with Crippen LogP contribution in [0, 0.1) is 5.82 Å². The van der Waals surface area contributed by atoms with Gasteiger partial charge in [0.05, 0.1) is 0 Å². The van der Waals surface area contributed by atoms with Crippen molar-refractivity contribution in [3.8, 4) is 0 Å². The number of hydrogen-bond donors (Lipinski definition) is 1. The van der Waals surface area contributed by atoms with Crippen LogP contribution in [0.3, 0.4) is 0 Å². The van der Waals surface area contributed by atoms with Crippen molar-refractivity contribution in [3.63, 3.8) is 0 Å². The molecular formula is C14H22FN3. The highest BCUT2D eigenvalue weighted by Crippen LogP contribution is 2.23.